The number of anilines is 1. The number of nitrogens with one attached hydrogen (secondary N) is 2. The minimum absolute atomic E-state index is 0.107. The SMILES string of the molecule is O=C(CC1CS(=O)(=O)c2ccccc2O1)Nc1cc(-c2cc(F)cc(F)c2)[nH]n1. The van der Waals surface area contributed by atoms with Gasteiger partial charge in [-0.3, -0.25) is 9.89 Å². The molecule has 2 aromatic carbocycles. The van der Waals surface area contributed by atoms with E-state index in [2.05, 4.69) is 15.5 Å². The van der Waals surface area contributed by atoms with Gasteiger partial charge >= 0.3 is 0 Å². The van der Waals surface area contributed by atoms with Gasteiger partial charge in [0.05, 0.1) is 17.9 Å². The third-order valence-electron chi connectivity index (χ3n) is 4.32. The summed E-state index contributed by atoms with van der Waals surface area (Å²) in [6, 6.07) is 10.7. The van der Waals surface area contributed by atoms with Crippen molar-refractivity contribution in [1.82, 2.24) is 10.2 Å². The fourth-order valence-corrected chi connectivity index (χ4v) is 4.66. The predicted octanol–water partition coefficient (Wildman–Crippen LogP) is 2.92. The lowest BCUT2D eigenvalue weighted by molar-refractivity contribution is -0.117. The van der Waals surface area contributed by atoms with E-state index in [1.807, 2.05) is 0 Å². The molecule has 3 aromatic rings. The van der Waals surface area contributed by atoms with Gasteiger partial charge in [-0.25, -0.2) is 17.2 Å². The smallest absolute Gasteiger partial charge is 0.229 e. The number of ether oxygens (including phenoxy) is 1. The Balaban J connectivity index is 1.44. The number of aromatic amines is 1. The quantitative estimate of drug-likeness (QED) is 0.677. The van der Waals surface area contributed by atoms with Crippen molar-refractivity contribution < 1.29 is 26.7 Å². The number of para-hydroxylation sites is 1. The lowest BCUT2D eigenvalue weighted by Gasteiger charge is -2.25. The van der Waals surface area contributed by atoms with Crippen molar-refractivity contribution in [2.24, 2.45) is 0 Å². The lowest BCUT2D eigenvalue weighted by atomic mass is 10.1. The molecule has 0 radical (unpaired) electrons. The van der Waals surface area contributed by atoms with Crippen LogP contribution >= 0.6 is 0 Å². The maximum Gasteiger partial charge on any atom is 0.229 e. The summed E-state index contributed by atoms with van der Waals surface area (Å²) in [5.41, 5.74) is 0.540. The number of aromatic nitrogens is 2. The molecule has 2 heterocycles. The Morgan fingerprint density at radius 1 is 1.17 bits per heavy atom. The van der Waals surface area contributed by atoms with Gasteiger partial charge in [0, 0.05) is 17.7 Å². The summed E-state index contributed by atoms with van der Waals surface area (Å²) in [5.74, 6) is -1.95. The molecule has 2 N–H and O–H groups in total. The first-order chi connectivity index (χ1) is 13.8. The van der Waals surface area contributed by atoms with Crippen LogP contribution in [-0.2, 0) is 14.6 Å². The molecule has 4 rings (SSSR count). The molecule has 0 spiro atoms. The largest absolute Gasteiger partial charge is 0.487 e. The summed E-state index contributed by atoms with van der Waals surface area (Å²) in [4.78, 5) is 12.4. The highest BCUT2D eigenvalue weighted by atomic mass is 32.2. The fourth-order valence-electron chi connectivity index (χ4n) is 3.10. The Labute approximate surface area is 164 Å². The molecular formula is C19H15F2N3O4S. The van der Waals surface area contributed by atoms with Crippen LogP contribution in [0.1, 0.15) is 6.42 Å². The molecule has 1 amide bonds. The lowest BCUT2D eigenvalue weighted by Crippen LogP contribution is -2.35. The maximum atomic E-state index is 13.4. The van der Waals surface area contributed by atoms with E-state index < -0.39 is 33.5 Å². The fraction of sp³-hybridized carbons (Fsp3) is 0.158. The molecule has 1 unspecified atom stereocenters. The van der Waals surface area contributed by atoms with E-state index in [9.17, 15) is 22.0 Å². The summed E-state index contributed by atoms with van der Waals surface area (Å²) < 4.78 is 57.0. The van der Waals surface area contributed by atoms with Gasteiger partial charge in [0.25, 0.3) is 0 Å². The molecule has 0 fully saturated rings. The molecular weight excluding hydrogens is 404 g/mol. The number of amides is 1. The summed E-state index contributed by atoms with van der Waals surface area (Å²) in [7, 11) is -3.55. The summed E-state index contributed by atoms with van der Waals surface area (Å²) in [6.07, 6.45) is -1.05. The van der Waals surface area contributed by atoms with Gasteiger partial charge in [-0.2, -0.15) is 5.10 Å². The van der Waals surface area contributed by atoms with Crippen molar-refractivity contribution in [1.29, 1.82) is 0 Å². The van der Waals surface area contributed by atoms with Crippen LogP contribution in [0, 0.1) is 11.6 Å². The highest BCUT2D eigenvalue weighted by Gasteiger charge is 2.32. The van der Waals surface area contributed by atoms with Crippen LogP contribution in [0.4, 0.5) is 14.6 Å². The number of carbonyl (C=O) groups is 1. The van der Waals surface area contributed by atoms with Crippen LogP contribution < -0.4 is 10.1 Å². The topological polar surface area (TPSA) is 101 Å². The molecule has 1 aromatic heterocycles. The van der Waals surface area contributed by atoms with E-state index in [-0.39, 0.29) is 34.2 Å². The zero-order chi connectivity index (χ0) is 20.6. The first kappa shape index (κ1) is 19.1. The van der Waals surface area contributed by atoms with E-state index in [0.29, 0.717) is 5.69 Å². The van der Waals surface area contributed by atoms with Crippen molar-refractivity contribution in [3.05, 3.63) is 60.2 Å². The van der Waals surface area contributed by atoms with Crippen LogP contribution in [0.15, 0.2) is 53.4 Å². The minimum atomic E-state index is -3.55. The zero-order valence-corrected chi connectivity index (χ0v) is 15.7. The van der Waals surface area contributed by atoms with E-state index in [1.54, 1.807) is 12.1 Å². The summed E-state index contributed by atoms with van der Waals surface area (Å²) in [5, 5.41) is 8.99. The Bertz CT molecular complexity index is 1170. The average Bonchev–Trinajstić information content (AvgIpc) is 3.08. The van der Waals surface area contributed by atoms with Crippen molar-refractivity contribution >= 4 is 21.6 Å². The highest BCUT2D eigenvalue weighted by molar-refractivity contribution is 7.91. The summed E-state index contributed by atoms with van der Waals surface area (Å²) >= 11 is 0. The number of hydrogen-bond acceptors (Lipinski definition) is 5. The van der Waals surface area contributed by atoms with Crippen molar-refractivity contribution in [2.45, 2.75) is 17.4 Å². The maximum absolute atomic E-state index is 13.4. The number of nitrogens with zero attached hydrogens (tertiary/aromatic N) is 1. The number of rotatable bonds is 4. The van der Waals surface area contributed by atoms with Crippen LogP contribution in [0.25, 0.3) is 11.3 Å². The molecule has 10 heteroatoms. The number of carbonyl (C=O) groups excluding carboxylic acids is 1. The van der Waals surface area contributed by atoms with E-state index in [0.717, 1.165) is 18.2 Å². The first-order valence-electron chi connectivity index (χ1n) is 8.60. The third kappa shape index (κ3) is 4.11. The Kier molecular flexibility index (Phi) is 4.79. The molecule has 29 heavy (non-hydrogen) atoms. The van der Waals surface area contributed by atoms with Gasteiger partial charge in [-0.15, -0.1) is 0 Å². The van der Waals surface area contributed by atoms with E-state index in [1.165, 1.54) is 18.2 Å². The van der Waals surface area contributed by atoms with Crippen molar-refractivity contribution in [3.63, 3.8) is 0 Å². The number of halogens is 2. The van der Waals surface area contributed by atoms with Gasteiger partial charge in [-0.1, -0.05) is 12.1 Å². The Morgan fingerprint density at radius 2 is 1.90 bits per heavy atom. The predicted molar refractivity (Wildman–Crippen MR) is 100 cm³/mol. The molecule has 1 aliphatic heterocycles. The molecule has 1 atom stereocenters. The number of H-pyrrole nitrogens is 1. The van der Waals surface area contributed by atoms with Gasteiger partial charge in [0.15, 0.2) is 15.7 Å². The van der Waals surface area contributed by atoms with Gasteiger partial charge < -0.3 is 10.1 Å². The summed E-state index contributed by atoms with van der Waals surface area (Å²) in [6.45, 7) is 0. The zero-order valence-electron chi connectivity index (χ0n) is 14.9. The minimum Gasteiger partial charge on any atom is -0.487 e. The number of hydrogen-bond donors (Lipinski definition) is 2. The first-order valence-corrected chi connectivity index (χ1v) is 10.3. The van der Waals surface area contributed by atoms with E-state index in [4.69, 9.17) is 4.74 Å². The van der Waals surface area contributed by atoms with Crippen LogP contribution in [0.3, 0.4) is 0 Å². The normalized spacial score (nSPS) is 17.2. The molecule has 7 nitrogen and oxygen atoms in total. The van der Waals surface area contributed by atoms with Crippen molar-refractivity contribution in [2.75, 3.05) is 11.1 Å². The molecule has 0 saturated carbocycles. The number of benzene rings is 2. The van der Waals surface area contributed by atoms with Gasteiger partial charge in [-0.05, 0) is 24.3 Å². The molecule has 0 aliphatic carbocycles. The van der Waals surface area contributed by atoms with Gasteiger partial charge in [0.2, 0.25) is 5.91 Å². The molecule has 0 saturated heterocycles. The van der Waals surface area contributed by atoms with Crippen LogP contribution in [-0.4, -0.2) is 36.4 Å². The third-order valence-corrected chi connectivity index (χ3v) is 6.13. The second-order valence-corrected chi connectivity index (χ2v) is 8.55. The molecule has 0 bridgehead atoms. The number of sulfone groups is 1. The average molecular weight is 419 g/mol. The second kappa shape index (κ2) is 7.28. The van der Waals surface area contributed by atoms with Crippen LogP contribution in [0.5, 0.6) is 5.75 Å². The standard InChI is InChI=1S/C19H15F2N3O4S/c20-12-5-11(6-13(21)7-12)15-9-18(24-23-15)22-19(25)8-14-10-29(26,27)17-4-2-1-3-16(17)28-14/h1-7,9,14H,8,10H2,(H2,22,23,24,25). The Hall–Kier alpha value is -3.27. The monoisotopic (exact) mass is 419 g/mol. The highest BCUT2D eigenvalue weighted by Crippen LogP contribution is 2.31. The van der Waals surface area contributed by atoms with E-state index >= 15 is 0 Å². The number of fused-ring (bicyclic) bond motifs is 1. The van der Waals surface area contributed by atoms with Gasteiger partial charge in [0.1, 0.15) is 28.4 Å². The molecule has 1 aliphatic rings. The molecule has 150 valence electrons. The van der Waals surface area contributed by atoms with Crippen LogP contribution in [0.2, 0.25) is 0 Å². The second-order valence-electron chi connectivity index (χ2n) is 6.55. The van der Waals surface area contributed by atoms with Crippen molar-refractivity contribution in [3.8, 4) is 17.0 Å². The Morgan fingerprint density at radius 3 is 2.66 bits per heavy atom.